The second-order valence-electron chi connectivity index (χ2n) is 11.6. The molecule has 2 aromatic rings. The summed E-state index contributed by atoms with van der Waals surface area (Å²) in [7, 11) is 0. The fourth-order valence-electron chi connectivity index (χ4n) is 4.27. The van der Waals surface area contributed by atoms with Crippen molar-refractivity contribution in [3.63, 3.8) is 0 Å². The Morgan fingerprint density at radius 2 is 1.41 bits per heavy atom. The highest BCUT2D eigenvalue weighted by Crippen LogP contribution is 2.20. The summed E-state index contributed by atoms with van der Waals surface area (Å²) in [5.41, 5.74) is 0.149. The minimum atomic E-state index is -1.43. The molecule has 3 atom stereocenters. The Hall–Kier alpha value is -3.43. The molecule has 39 heavy (non-hydrogen) atoms. The van der Waals surface area contributed by atoms with E-state index >= 15 is 0 Å². The van der Waals surface area contributed by atoms with Crippen LogP contribution in [0.3, 0.4) is 0 Å². The molecule has 0 heterocycles. The highest BCUT2D eigenvalue weighted by Gasteiger charge is 2.34. The summed E-state index contributed by atoms with van der Waals surface area (Å²) in [5, 5.41) is 28.7. The van der Waals surface area contributed by atoms with Crippen LogP contribution in [0.15, 0.2) is 60.7 Å². The summed E-state index contributed by atoms with van der Waals surface area (Å²) >= 11 is 0. The number of aliphatic hydroxyl groups is 1. The lowest BCUT2D eigenvalue weighted by atomic mass is 9.95. The highest BCUT2D eigenvalue weighted by molar-refractivity contribution is 5.89. The first kappa shape index (κ1) is 31.8. The maximum absolute atomic E-state index is 13.4. The lowest BCUT2D eigenvalue weighted by Gasteiger charge is -2.43. The van der Waals surface area contributed by atoms with E-state index in [9.17, 15) is 24.6 Å². The number of aliphatic hydroxyl groups excluding tert-OH is 1. The summed E-state index contributed by atoms with van der Waals surface area (Å²) in [6, 6.07) is 16.9. The van der Waals surface area contributed by atoms with Crippen LogP contribution in [0, 0.1) is 0 Å². The van der Waals surface area contributed by atoms with Gasteiger partial charge >= 0.3 is 6.09 Å². The molecule has 0 spiro atoms. The summed E-state index contributed by atoms with van der Waals surface area (Å²) in [6.07, 6.45) is -2.61. The number of Topliss-reactive ketones (excluding diaryl/α,β-unsaturated/α-hetero) is 1. The molecule has 0 unspecified atom stereocenters. The number of rotatable bonds is 12. The molecule has 2 amide bonds. The topological polar surface area (TPSA) is 131 Å². The van der Waals surface area contributed by atoms with Crippen LogP contribution in [0.1, 0.15) is 52.7 Å². The Kier molecular flexibility index (Phi) is 11.5. The molecule has 0 aromatic heterocycles. The van der Waals surface area contributed by atoms with E-state index in [1.807, 2.05) is 60.7 Å². The molecule has 0 fully saturated rings. The smallest absolute Gasteiger partial charge is 0.407 e. The third-order valence-electron chi connectivity index (χ3n) is 5.99. The van der Waals surface area contributed by atoms with Crippen LogP contribution in [0.5, 0.6) is 0 Å². The molecule has 3 N–H and O–H groups in total. The zero-order chi connectivity index (χ0) is 29.2. The van der Waals surface area contributed by atoms with Gasteiger partial charge in [-0.2, -0.15) is 0 Å². The number of ketones is 1. The van der Waals surface area contributed by atoms with E-state index in [1.54, 1.807) is 41.5 Å². The monoisotopic (exact) mass is 540 g/mol. The van der Waals surface area contributed by atoms with Gasteiger partial charge in [0, 0.05) is 12.1 Å². The van der Waals surface area contributed by atoms with Gasteiger partial charge in [0.2, 0.25) is 0 Å². The molecule has 9 heteroatoms. The van der Waals surface area contributed by atoms with Gasteiger partial charge in [0.15, 0.2) is 5.78 Å². The molecule has 0 saturated carbocycles. The minimum Gasteiger partial charge on any atom is -0.530 e. The fourth-order valence-corrected chi connectivity index (χ4v) is 4.27. The first-order valence-corrected chi connectivity index (χ1v) is 13.2. The number of nitrogens with zero attached hydrogens (tertiary/aromatic N) is 1. The van der Waals surface area contributed by atoms with Gasteiger partial charge in [-0.15, -0.1) is 0 Å². The Labute approximate surface area is 231 Å². The van der Waals surface area contributed by atoms with Crippen molar-refractivity contribution in [3.05, 3.63) is 71.8 Å². The van der Waals surface area contributed by atoms with Crippen molar-refractivity contribution in [2.45, 2.75) is 83.7 Å². The fraction of sp³-hybridized carbons (Fsp3) is 0.500. The van der Waals surface area contributed by atoms with Crippen molar-refractivity contribution in [2.24, 2.45) is 0 Å². The third-order valence-corrected chi connectivity index (χ3v) is 5.99. The average molecular weight is 541 g/mol. The van der Waals surface area contributed by atoms with Crippen molar-refractivity contribution in [1.82, 2.24) is 15.5 Å². The Balaban J connectivity index is 2.13. The number of ether oxygens (including phenoxy) is 1. The minimum absolute atomic E-state index is 0.0159. The van der Waals surface area contributed by atoms with E-state index in [1.165, 1.54) is 0 Å². The third kappa shape index (κ3) is 11.1. The van der Waals surface area contributed by atoms with E-state index in [2.05, 4.69) is 10.6 Å². The van der Waals surface area contributed by atoms with Crippen LogP contribution >= 0.6 is 0 Å². The Morgan fingerprint density at radius 3 is 1.87 bits per heavy atom. The zero-order valence-electron chi connectivity index (χ0n) is 23.8. The number of nitrogens with one attached hydrogen (secondary N) is 2. The van der Waals surface area contributed by atoms with E-state index in [-0.39, 0.29) is 25.3 Å². The molecule has 0 radical (unpaired) electrons. The molecule has 0 bridgehead atoms. The van der Waals surface area contributed by atoms with Crippen molar-refractivity contribution < 1.29 is 29.3 Å². The first-order valence-electron chi connectivity index (χ1n) is 13.2. The van der Waals surface area contributed by atoms with Crippen LogP contribution in [-0.2, 0) is 22.4 Å². The van der Waals surface area contributed by atoms with Gasteiger partial charge in [0.25, 0.3) is 0 Å². The van der Waals surface area contributed by atoms with Gasteiger partial charge in [0.05, 0.1) is 24.7 Å². The standard InChI is InChI=1S/C30H43N3O6/c1-29(2,3)33(28(37)38)24(18-22-15-11-8-12-16-22)26(35)20-31-19-25(34)23(17-21-13-9-7-10-14-21)32-27(36)39-30(4,5)6/h7-16,23-25,31,34H,17-20H2,1-6H3,(H,32,36)(H,37,38)/p-1/t23-,24-,25+/m0/s1. The number of hydrogen-bond acceptors (Lipinski definition) is 7. The zero-order valence-corrected chi connectivity index (χ0v) is 23.8. The van der Waals surface area contributed by atoms with E-state index in [4.69, 9.17) is 4.74 Å². The van der Waals surface area contributed by atoms with Crippen molar-refractivity contribution in [2.75, 3.05) is 13.1 Å². The SMILES string of the molecule is CC(C)(C)OC(=O)N[C@@H](Cc1ccccc1)[C@H](O)CNCC(=O)[C@H](Cc1ccccc1)N(C(=O)[O-])C(C)(C)C. The van der Waals surface area contributed by atoms with Gasteiger partial charge in [0.1, 0.15) is 11.7 Å². The van der Waals surface area contributed by atoms with Crippen molar-refractivity contribution in [1.29, 1.82) is 0 Å². The Morgan fingerprint density at radius 1 is 0.897 bits per heavy atom. The molecule has 0 aliphatic rings. The van der Waals surface area contributed by atoms with Crippen LogP contribution in [0.25, 0.3) is 0 Å². The number of carbonyl (C=O) groups is 3. The van der Waals surface area contributed by atoms with Crippen molar-refractivity contribution in [3.8, 4) is 0 Å². The molecule has 214 valence electrons. The largest absolute Gasteiger partial charge is 0.530 e. The van der Waals surface area contributed by atoms with Crippen LogP contribution in [-0.4, -0.2) is 70.4 Å². The molecular formula is C30H42N3O6-. The van der Waals surface area contributed by atoms with Gasteiger partial charge < -0.3 is 35.3 Å². The van der Waals surface area contributed by atoms with E-state index < -0.39 is 41.5 Å². The quantitative estimate of drug-likeness (QED) is 0.377. The van der Waals surface area contributed by atoms with Crippen LogP contribution in [0.2, 0.25) is 0 Å². The summed E-state index contributed by atoms with van der Waals surface area (Å²) in [4.78, 5) is 39.0. The van der Waals surface area contributed by atoms with Crippen LogP contribution in [0.4, 0.5) is 9.59 Å². The number of carboxylic acid groups (broad SMARTS) is 1. The summed E-state index contributed by atoms with van der Waals surface area (Å²) in [6.45, 7) is 10.2. The normalized spacial score (nSPS) is 14.1. The lowest BCUT2D eigenvalue weighted by molar-refractivity contribution is -0.273. The van der Waals surface area contributed by atoms with Gasteiger partial charge in [-0.25, -0.2) is 4.79 Å². The van der Waals surface area contributed by atoms with Gasteiger partial charge in [-0.3, -0.25) is 4.79 Å². The van der Waals surface area contributed by atoms with Crippen LogP contribution < -0.4 is 15.7 Å². The van der Waals surface area contributed by atoms with E-state index in [0.29, 0.717) is 6.42 Å². The molecule has 2 rings (SSSR count). The predicted molar refractivity (Wildman–Crippen MR) is 148 cm³/mol. The number of hydrogen-bond donors (Lipinski definition) is 3. The molecule has 0 saturated heterocycles. The van der Waals surface area contributed by atoms with Gasteiger partial charge in [-0.05, 0) is 65.5 Å². The summed E-state index contributed by atoms with van der Waals surface area (Å²) in [5.74, 6) is -0.357. The highest BCUT2D eigenvalue weighted by atomic mass is 16.6. The number of amides is 2. The van der Waals surface area contributed by atoms with Gasteiger partial charge in [-0.1, -0.05) is 60.7 Å². The molecule has 2 aromatic carbocycles. The first-order chi connectivity index (χ1) is 18.2. The molecule has 0 aliphatic carbocycles. The average Bonchev–Trinajstić information content (AvgIpc) is 2.82. The molecule has 9 nitrogen and oxygen atoms in total. The lowest BCUT2D eigenvalue weighted by Crippen LogP contribution is -2.60. The van der Waals surface area contributed by atoms with E-state index in [0.717, 1.165) is 16.0 Å². The number of alkyl carbamates (subject to hydrolysis) is 1. The maximum Gasteiger partial charge on any atom is 0.407 e. The number of carbonyl (C=O) groups excluding carboxylic acids is 3. The Bertz CT molecular complexity index is 1060. The second kappa shape index (κ2) is 14.1. The maximum atomic E-state index is 13.4. The number of benzene rings is 2. The predicted octanol–water partition coefficient (Wildman–Crippen LogP) is 2.70. The molecular weight excluding hydrogens is 498 g/mol. The summed E-state index contributed by atoms with van der Waals surface area (Å²) < 4.78 is 5.36. The second-order valence-corrected chi connectivity index (χ2v) is 11.6. The molecule has 0 aliphatic heterocycles. The van der Waals surface area contributed by atoms with Crippen molar-refractivity contribution >= 4 is 18.0 Å².